The third-order valence-electron chi connectivity index (χ3n) is 3.92. The number of aromatic nitrogens is 1. The molecule has 0 aliphatic heterocycles. The van der Waals surface area contributed by atoms with Crippen molar-refractivity contribution in [3.05, 3.63) is 35.5 Å². The summed E-state index contributed by atoms with van der Waals surface area (Å²) in [6.07, 6.45) is 3.33. The number of methoxy groups -OCH3 is 2. The molecule has 1 unspecified atom stereocenters. The normalized spacial score (nSPS) is 12.4. The number of nitrogens with one attached hydrogen (secondary N) is 2. The molecule has 0 fully saturated rings. The second kappa shape index (κ2) is 8.42. The smallest absolute Gasteiger partial charge is 0.255 e. The summed E-state index contributed by atoms with van der Waals surface area (Å²) in [7, 11) is 3.23. The van der Waals surface area contributed by atoms with Crippen LogP contribution in [-0.4, -0.2) is 37.4 Å². The van der Waals surface area contributed by atoms with Crippen LogP contribution in [0.25, 0.3) is 0 Å². The van der Waals surface area contributed by atoms with Gasteiger partial charge in [0, 0.05) is 36.0 Å². The third kappa shape index (κ3) is 4.36. The molecule has 0 spiro atoms. The van der Waals surface area contributed by atoms with Gasteiger partial charge >= 0.3 is 0 Å². The summed E-state index contributed by atoms with van der Waals surface area (Å²) >= 11 is 0. The van der Waals surface area contributed by atoms with Gasteiger partial charge in [-0.25, -0.2) is 4.99 Å². The Kier molecular flexibility index (Phi) is 6.27. The van der Waals surface area contributed by atoms with Crippen LogP contribution >= 0.6 is 0 Å². The molecule has 2 rings (SSSR count). The van der Waals surface area contributed by atoms with E-state index in [2.05, 4.69) is 15.3 Å². The van der Waals surface area contributed by atoms with E-state index in [1.807, 2.05) is 39.0 Å². The molecular weight excluding hydrogens is 332 g/mol. The summed E-state index contributed by atoms with van der Waals surface area (Å²) in [6, 6.07) is 5.68. The van der Waals surface area contributed by atoms with E-state index < -0.39 is 0 Å². The average molecular weight is 358 g/mol. The summed E-state index contributed by atoms with van der Waals surface area (Å²) in [5.41, 5.74) is 7.74. The molecule has 0 saturated heterocycles. The van der Waals surface area contributed by atoms with Gasteiger partial charge in [-0.05, 0) is 19.9 Å². The number of benzene rings is 1. The number of amides is 1. The highest BCUT2D eigenvalue weighted by Crippen LogP contribution is 2.31. The Morgan fingerprint density at radius 3 is 2.62 bits per heavy atom. The predicted molar refractivity (Wildman–Crippen MR) is 104 cm³/mol. The molecule has 7 heteroatoms. The molecule has 1 heterocycles. The summed E-state index contributed by atoms with van der Waals surface area (Å²) in [5, 5.41) is 2.81. The van der Waals surface area contributed by atoms with Crippen LogP contribution in [0.4, 0.5) is 11.5 Å². The Hall–Kier alpha value is -2.96. The molecule has 0 saturated carbocycles. The maximum Gasteiger partial charge on any atom is 0.255 e. The van der Waals surface area contributed by atoms with Crippen molar-refractivity contribution in [3.8, 4) is 11.5 Å². The number of nitrogen functional groups attached to an aromatic ring is 1. The van der Waals surface area contributed by atoms with Crippen molar-refractivity contribution in [1.29, 1.82) is 0 Å². The first-order valence-corrected chi connectivity index (χ1v) is 8.41. The van der Waals surface area contributed by atoms with E-state index in [0.717, 1.165) is 17.1 Å². The number of aromatic amines is 1. The first-order valence-electron chi connectivity index (χ1n) is 8.41. The number of nitrogens with zero attached hydrogens (tertiary/aromatic N) is 1. The number of aliphatic imine (C=N–C) groups is 1. The molecule has 0 aliphatic rings. The highest BCUT2D eigenvalue weighted by molar-refractivity contribution is 6.01. The second-order valence-corrected chi connectivity index (χ2v) is 6.27. The van der Waals surface area contributed by atoms with Gasteiger partial charge in [0.05, 0.1) is 25.5 Å². The van der Waals surface area contributed by atoms with Gasteiger partial charge in [-0.2, -0.15) is 0 Å². The van der Waals surface area contributed by atoms with Gasteiger partial charge in [-0.1, -0.05) is 13.0 Å². The van der Waals surface area contributed by atoms with E-state index in [-0.39, 0.29) is 17.9 Å². The van der Waals surface area contributed by atoms with Crippen molar-refractivity contribution < 1.29 is 14.3 Å². The maximum absolute atomic E-state index is 12.1. The standard InChI is InChI=1S/C19H26N4O3/c1-11(2)23-19(24)15-10-22-18(17(15)20)21-9-12(3)14-7-6-13(25-4)8-16(14)26-5/h6-12,22H,20H2,1-5H3,(H,23,24)/b21-9-. The fraction of sp³-hybridized carbons (Fsp3) is 0.368. The quantitative estimate of drug-likeness (QED) is 0.661. The second-order valence-electron chi connectivity index (χ2n) is 6.27. The van der Waals surface area contributed by atoms with Crippen LogP contribution in [0.15, 0.2) is 29.4 Å². The molecular formula is C19H26N4O3. The molecule has 26 heavy (non-hydrogen) atoms. The summed E-state index contributed by atoms with van der Waals surface area (Å²) in [4.78, 5) is 19.5. The molecule has 2 aromatic rings. The van der Waals surface area contributed by atoms with Gasteiger partial charge in [0.25, 0.3) is 5.91 Å². The minimum absolute atomic E-state index is 0.0218. The molecule has 1 aromatic heterocycles. The Bertz CT molecular complexity index is 796. The van der Waals surface area contributed by atoms with E-state index in [9.17, 15) is 4.79 Å². The minimum atomic E-state index is -0.222. The predicted octanol–water partition coefficient (Wildman–Crippen LogP) is 3.26. The SMILES string of the molecule is COc1ccc(C(C)/C=N\c2[nH]cc(C(=O)NC(C)C)c2N)c(OC)c1. The lowest BCUT2D eigenvalue weighted by atomic mass is 10.0. The summed E-state index contributed by atoms with van der Waals surface area (Å²) in [5.74, 6) is 1.66. The number of hydrogen-bond donors (Lipinski definition) is 3. The number of nitrogens with two attached hydrogens (primary N) is 1. The van der Waals surface area contributed by atoms with Gasteiger partial charge in [0.15, 0.2) is 5.82 Å². The molecule has 4 N–H and O–H groups in total. The van der Waals surface area contributed by atoms with Gasteiger partial charge in [-0.3, -0.25) is 4.79 Å². The minimum Gasteiger partial charge on any atom is -0.497 e. The van der Waals surface area contributed by atoms with E-state index in [1.165, 1.54) is 0 Å². The lowest BCUT2D eigenvalue weighted by molar-refractivity contribution is 0.0944. The summed E-state index contributed by atoms with van der Waals surface area (Å²) < 4.78 is 10.6. The van der Waals surface area contributed by atoms with Crippen molar-refractivity contribution in [2.45, 2.75) is 32.7 Å². The highest BCUT2D eigenvalue weighted by Gasteiger charge is 2.16. The Balaban J connectivity index is 2.20. The molecule has 7 nitrogen and oxygen atoms in total. The van der Waals surface area contributed by atoms with Crippen molar-refractivity contribution in [3.63, 3.8) is 0 Å². The van der Waals surface area contributed by atoms with E-state index >= 15 is 0 Å². The number of carbonyl (C=O) groups excluding carboxylic acids is 1. The zero-order valence-electron chi connectivity index (χ0n) is 15.8. The van der Waals surface area contributed by atoms with Gasteiger partial charge in [0.1, 0.15) is 11.5 Å². The third-order valence-corrected chi connectivity index (χ3v) is 3.92. The van der Waals surface area contributed by atoms with Crippen LogP contribution < -0.4 is 20.5 Å². The van der Waals surface area contributed by atoms with Crippen molar-refractivity contribution in [1.82, 2.24) is 10.3 Å². The lowest BCUT2D eigenvalue weighted by Gasteiger charge is -2.13. The molecule has 0 radical (unpaired) electrons. The van der Waals surface area contributed by atoms with Crippen LogP contribution in [0.1, 0.15) is 42.6 Å². The van der Waals surface area contributed by atoms with Crippen molar-refractivity contribution in [2.24, 2.45) is 4.99 Å². The Morgan fingerprint density at radius 1 is 1.27 bits per heavy atom. The van der Waals surface area contributed by atoms with E-state index in [1.54, 1.807) is 26.6 Å². The molecule has 1 amide bonds. The van der Waals surface area contributed by atoms with E-state index in [4.69, 9.17) is 15.2 Å². The highest BCUT2D eigenvalue weighted by atomic mass is 16.5. The molecule has 0 aliphatic carbocycles. The fourth-order valence-electron chi connectivity index (χ4n) is 2.52. The average Bonchev–Trinajstić information content (AvgIpc) is 2.99. The largest absolute Gasteiger partial charge is 0.497 e. The van der Waals surface area contributed by atoms with Gasteiger partial charge in [-0.15, -0.1) is 0 Å². The number of hydrogen-bond acceptors (Lipinski definition) is 5. The topological polar surface area (TPSA) is 102 Å². The summed E-state index contributed by atoms with van der Waals surface area (Å²) in [6.45, 7) is 5.78. The number of rotatable bonds is 7. The number of H-pyrrole nitrogens is 1. The number of anilines is 1. The van der Waals surface area contributed by atoms with Crippen molar-refractivity contribution >= 4 is 23.6 Å². The van der Waals surface area contributed by atoms with Crippen LogP contribution in [0.3, 0.4) is 0 Å². The number of ether oxygens (including phenoxy) is 2. The monoisotopic (exact) mass is 358 g/mol. The lowest BCUT2D eigenvalue weighted by Crippen LogP contribution is -2.30. The van der Waals surface area contributed by atoms with Gasteiger partial charge in [0.2, 0.25) is 0 Å². The zero-order valence-corrected chi connectivity index (χ0v) is 15.8. The first-order chi connectivity index (χ1) is 12.4. The molecule has 0 bridgehead atoms. The molecule has 1 aromatic carbocycles. The maximum atomic E-state index is 12.1. The van der Waals surface area contributed by atoms with E-state index in [0.29, 0.717) is 17.1 Å². The fourth-order valence-corrected chi connectivity index (χ4v) is 2.52. The Labute approximate surface area is 153 Å². The van der Waals surface area contributed by atoms with Crippen LogP contribution in [-0.2, 0) is 0 Å². The van der Waals surface area contributed by atoms with Crippen LogP contribution in [0.5, 0.6) is 11.5 Å². The Morgan fingerprint density at radius 2 is 2.00 bits per heavy atom. The van der Waals surface area contributed by atoms with Gasteiger partial charge < -0.3 is 25.5 Å². The van der Waals surface area contributed by atoms with Crippen LogP contribution in [0, 0.1) is 0 Å². The van der Waals surface area contributed by atoms with Crippen LogP contribution in [0.2, 0.25) is 0 Å². The molecule has 140 valence electrons. The van der Waals surface area contributed by atoms with Crippen molar-refractivity contribution in [2.75, 3.05) is 20.0 Å². The zero-order chi connectivity index (χ0) is 19.3. The molecule has 1 atom stereocenters. The number of carbonyl (C=O) groups is 1. The first kappa shape index (κ1) is 19.4.